The van der Waals surface area contributed by atoms with Crippen molar-refractivity contribution in [2.24, 2.45) is 0 Å². The largest absolute Gasteiger partial charge is 0.479 e. The van der Waals surface area contributed by atoms with Gasteiger partial charge in [0.05, 0.1) is 6.61 Å². The third-order valence-corrected chi connectivity index (χ3v) is 13.8. The van der Waals surface area contributed by atoms with Crippen LogP contribution in [0.3, 0.4) is 0 Å². The number of aliphatic carboxylic acids is 1. The number of aliphatic hydroxyl groups is 2. The fourth-order valence-corrected chi connectivity index (χ4v) is 8.99. The number of hydrogen-bond acceptors (Lipinski definition) is 11. The fourth-order valence-electron chi connectivity index (χ4n) is 8.99. The van der Waals surface area contributed by atoms with Gasteiger partial charge in [-0.15, -0.1) is 0 Å². The first-order valence-corrected chi connectivity index (χ1v) is 31.9. The standard InChI is InChI=1S/C69H112O12/c1-4-7-10-13-16-19-22-25-27-29-31-33-35-38-40-43-46-49-52-55-61(70)77-58-60(79-62(71)56-53-50-47-44-41-37-24-21-18-15-12-9-6-3)59-78-69-67(65(74)64(73)66(81-69)68(75)76)80-63(72)57-54-51-48-45-42-39-36-34-32-30-28-26-23-20-17-14-11-8-5-2/h7-8,10-11,16-17,19-21,24-28,31-34,60,64-67,69,73-74H,4-6,9,12-15,18,22-23,29-30,35-59H2,1-3H3,(H,75,76)/b10-7-,11-8-,19-16-,20-17-,24-21-,27-25-,28-26-,33-31-,34-32-. The van der Waals surface area contributed by atoms with Gasteiger partial charge in [-0.25, -0.2) is 4.79 Å². The van der Waals surface area contributed by atoms with E-state index in [1.54, 1.807) is 0 Å². The number of allylic oxidation sites excluding steroid dienone is 18. The zero-order valence-electron chi connectivity index (χ0n) is 50.7. The predicted octanol–water partition coefficient (Wildman–Crippen LogP) is 17.0. The van der Waals surface area contributed by atoms with Crippen molar-refractivity contribution in [1.29, 1.82) is 0 Å². The summed E-state index contributed by atoms with van der Waals surface area (Å²) in [6.07, 6.45) is 63.3. The van der Waals surface area contributed by atoms with Gasteiger partial charge in [0, 0.05) is 19.3 Å². The van der Waals surface area contributed by atoms with E-state index < -0.39 is 67.3 Å². The molecule has 12 heteroatoms. The second-order valence-corrected chi connectivity index (χ2v) is 21.3. The van der Waals surface area contributed by atoms with E-state index in [0.29, 0.717) is 19.3 Å². The summed E-state index contributed by atoms with van der Waals surface area (Å²) in [5.41, 5.74) is 0. The Morgan fingerprint density at radius 2 is 0.778 bits per heavy atom. The minimum atomic E-state index is -1.92. The van der Waals surface area contributed by atoms with Crippen molar-refractivity contribution in [3.8, 4) is 0 Å². The molecule has 1 saturated heterocycles. The van der Waals surface area contributed by atoms with Gasteiger partial charge in [-0.1, -0.05) is 220 Å². The molecule has 460 valence electrons. The molecule has 6 atom stereocenters. The lowest BCUT2D eigenvalue weighted by molar-refractivity contribution is -0.301. The Bertz CT molecular complexity index is 1820. The molecule has 0 amide bonds. The van der Waals surface area contributed by atoms with E-state index in [4.69, 9.17) is 23.7 Å². The van der Waals surface area contributed by atoms with E-state index >= 15 is 0 Å². The molecule has 0 bridgehead atoms. The molecule has 0 aromatic carbocycles. The molecule has 1 aliphatic rings. The number of hydrogen-bond donors (Lipinski definition) is 3. The highest BCUT2D eigenvalue weighted by atomic mass is 16.7. The summed E-state index contributed by atoms with van der Waals surface area (Å²) in [7, 11) is 0. The molecule has 0 aromatic rings. The molecule has 1 heterocycles. The van der Waals surface area contributed by atoms with Gasteiger partial charge in [-0.2, -0.15) is 0 Å². The van der Waals surface area contributed by atoms with E-state index in [-0.39, 0.29) is 25.9 Å². The highest BCUT2D eigenvalue weighted by molar-refractivity contribution is 5.74. The average molecular weight is 1130 g/mol. The molecule has 1 aliphatic heterocycles. The van der Waals surface area contributed by atoms with Crippen molar-refractivity contribution in [3.05, 3.63) is 109 Å². The van der Waals surface area contributed by atoms with E-state index in [1.165, 1.54) is 25.7 Å². The van der Waals surface area contributed by atoms with Crippen LogP contribution in [0.25, 0.3) is 0 Å². The molecule has 1 rings (SSSR count). The third-order valence-electron chi connectivity index (χ3n) is 13.8. The Kier molecular flexibility index (Phi) is 51.3. The number of carboxylic acids is 1. The normalized spacial score (nSPS) is 18.5. The molecule has 1 fully saturated rings. The van der Waals surface area contributed by atoms with Gasteiger partial charge in [0.25, 0.3) is 0 Å². The number of carbonyl (C=O) groups excluding carboxylic acids is 3. The highest BCUT2D eigenvalue weighted by Crippen LogP contribution is 2.26. The maximum Gasteiger partial charge on any atom is 0.335 e. The smallest absolute Gasteiger partial charge is 0.335 e. The second-order valence-electron chi connectivity index (χ2n) is 21.3. The number of esters is 3. The molecule has 0 aromatic heterocycles. The van der Waals surface area contributed by atoms with Crippen LogP contribution in [0.1, 0.15) is 252 Å². The summed E-state index contributed by atoms with van der Waals surface area (Å²) in [6, 6.07) is 0. The molecule has 0 spiro atoms. The van der Waals surface area contributed by atoms with Crippen LogP contribution < -0.4 is 0 Å². The van der Waals surface area contributed by atoms with Crippen molar-refractivity contribution in [2.75, 3.05) is 13.2 Å². The summed E-state index contributed by atoms with van der Waals surface area (Å²) in [5, 5.41) is 31.6. The monoisotopic (exact) mass is 1130 g/mol. The summed E-state index contributed by atoms with van der Waals surface area (Å²) >= 11 is 0. The Labute approximate surface area is 491 Å². The second kappa shape index (κ2) is 55.9. The first-order valence-electron chi connectivity index (χ1n) is 31.9. The van der Waals surface area contributed by atoms with Crippen LogP contribution in [0, 0.1) is 0 Å². The Hall–Kier alpha value is -4.62. The van der Waals surface area contributed by atoms with Crippen LogP contribution in [-0.2, 0) is 42.9 Å². The summed E-state index contributed by atoms with van der Waals surface area (Å²) in [4.78, 5) is 51.3. The zero-order chi connectivity index (χ0) is 58.9. The van der Waals surface area contributed by atoms with Gasteiger partial charge < -0.3 is 39.0 Å². The number of rotatable bonds is 53. The van der Waals surface area contributed by atoms with Crippen molar-refractivity contribution >= 4 is 23.9 Å². The van der Waals surface area contributed by atoms with Gasteiger partial charge >= 0.3 is 23.9 Å². The van der Waals surface area contributed by atoms with Crippen molar-refractivity contribution < 1.29 is 58.2 Å². The summed E-state index contributed by atoms with van der Waals surface area (Å²) in [6.45, 7) is 5.74. The lowest BCUT2D eigenvalue weighted by atomic mass is 9.98. The van der Waals surface area contributed by atoms with Crippen LogP contribution in [0.4, 0.5) is 0 Å². The van der Waals surface area contributed by atoms with Crippen molar-refractivity contribution in [1.82, 2.24) is 0 Å². The lowest BCUT2D eigenvalue weighted by Gasteiger charge is -2.40. The summed E-state index contributed by atoms with van der Waals surface area (Å²) < 4.78 is 28.5. The molecular weight excluding hydrogens is 1020 g/mol. The van der Waals surface area contributed by atoms with E-state index in [2.05, 4.69) is 130 Å². The molecular formula is C69H112O12. The maximum absolute atomic E-state index is 13.2. The lowest BCUT2D eigenvalue weighted by Crippen LogP contribution is -2.61. The van der Waals surface area contributed by atoms with Crippen molar-refractivity contribution in [2.45, 2.75) is 289 Å². The van der Waals surface area contributed by atoms with Crippen LogP contribution in [0.5, 0.6) is 0 Å². The fraction of sp³-hybridized carbons (Fsp3) is 0.681. The first kappa shape index (κ1) is 74.4. The number of carboxylic acid groups (broad SMARTS) is 1. The Balaban J connectivity index is 2.67. The molecule has 0 radical (unpaired) electrons. The Morgan fingerprint density at radius 1 is 0.420 bits per heavy atom. The van der Waals surface area contributed by atoms with Gasteiger partial charge in [0.15, 0.2) is 24.6 Å². The predicted molar refractivity (Wildman–Crippen MR) is 330 cm³/mol. The van der Waals surface area contributed by atoms with Gasteiger partial charge in [0.2, 0.25) is 0 Å². The molecule has 12 nitrogen and oxygen atoms in total. The van der Waals surface area contributed by atoms with Gasteiger partial charge in [-0.3, -0.25) is 14.4 Å². The summed E-state index contributed by atoms with van der Waals surface area (Å²) in [5.74, 6) is -3.17. The number of carbonyl (C=O) groups is 4. The zero-order valence-corrected chi connectivity index (χ0v) is 50.7. The number of unbranched alkanes of at least 4 members (excludes halogenated alkanes) is 21. The van der Waals surface area contributed by atoms with Crippen LogP contribution >= 0.6 is 0 Å². The maximum atomic E-state index is 13.2. The number of ether oxygens (including phenoxy) is 5. The topological polar surface area (TPSA) is 175 Å². The van der Waals surface area contributed by atoms with Crippen LogP contribution in [0.15, 0.2) is 109 Å². The quantitative estimate of drug-likeness (QED) is 0.0228. The Morgan fingerprint density at radius 3 is 1.20 bits per heavy atom. The molecule has 0 aliphatic carbocycles. The van der Waals surface area contributed by atoms with Crippen LogP contribution in [-0.4, -0.2) is 89.2 Å². The molecule has 81 heavy (non-hydrogen) atoms. The van der Waals surface area contributed by atoms with Gasteiger partial charge in [-0.05, 0) is 122 Å². The van der Waals surface area contributed by atoms with E-state index in [1.807, 2.05) is 0 Å². The minimum Gasteiger partial charge on any atom is -0.479 e. The molecule has 0 saturated carbocycles. The van der Waals surface area contributed by atoms with E-state index in [0.717, 1.165) is 167 Å². The van der Waals surface area contributed by atoms with Crippen molar-refractivity contribution in [3.63, 3.8) is 0 Å². The SMILES string of the molecule is CC/C=C\C/C=C\C/C=C\C/C=C\CCCCCCCCC(=O)OCC(COC1OC(C(=O)O)C(O)C(O)C1OC(=O)CCCCCCCC/C=C\C/C=C\C/C=C\C/C=C\CC)OC(=O)CCCCCCC/C=C\CCCCCC. The van der Waals surface area contributed by atoms with Gasteiger partial charge in [0.1, 0.15) is 18.8 Å². The third kappa shape index (κ3) is 45.6. The van der Waals surface area contributed by atoms with Crippen LogP contribution in [0.2, 0.25) is 0 Å². The molecule has 6 unspecified atom stereocenters. The minimum absolute atomic E-state index is 0.0372. The highest BCUT2D eigenvalue weighted by Gasteiger charge is 2.50. The van der Waals surface area contributed by atoms with E-state index in [9.17, 15) is 34.5 Å². The molecule has 3 N–H and O–H groups in total. The number of aliphatic hydroxyl groups excluding tert-OH is 2. The first-order chi connectivity index (χ1) is 39.6. The average Bonchev–Trinajstić information content (AvgIpc) is 3.45.